The molecule has 0 radical (unpaired) electrons. The second kappa shape index (κ2) is 6.68. The molecule has 1 aromatic carbocycles. The summed E-state index contributed by atoms with van der Waals surface area (Å²) in [7, 11) is 1.50. The first kappa shape index (κ1) is 13.2. The Bertz CT molecular complexity index is 324. The maximum absolute atomic E-state index is 11.7. The van der Waals surface area contributed by atoms with E-state index in [0.29, 0.717) is 0 Å². The largest absolute Gasteiger partial charge is 0.393 e. The Morgan fingerprint density at radius 3 is 2.56 bits per heavy atom. The second-order valence-electron chi connectivity index (χ2n) is 3.52. The number of hydrogen-bond donors (Lipinski definition) is 1. The van der Waals surface area contributed by atoms with Gasteiger partial charge in [-0.1, -0.05) is 30.0 Å². The van der Waals surface area contributed by atoms with Gasteiger partial charge in [0.1, 0.15) is 0 Å². The van der Waals surface area contributed by atoms with Crippen LogP contribution in [-0.2, 0) is 9.53 Å². The number of hydrogen-bond acceptors (Lipinski definition) is 4. The predicted octanol–water partition coefficient (Wildman–Crippen LogP) is 2.09. The average molecular weight is 240 g/mol. The predicted molar refractivity (Wildman–Crippen MR) is 64.4 cm³/mol. The van der Waals surface area contributed by atoms with E-state index in [0.717, 1.165) is 4.90 Å². The first-order valence-electron chi connectivity index (χ1n) is 5.08. The van der Waals surface area contributed by atoms with Crippen LogP contribution in [0, 0.1) is 0 Å². The second-order valence-corrected chi connectivity index (χ2v) is 4.65. The molecule has 0 spiro atoms. The molecule has 0 bridgehead atoms. The van der Waals surface area contributed by atoms with Crippen LogP contribution in [0.3, 0.4) is 0 Å². The summed E-state index contributed by atoms with van der Waals surface area (Å²) >= 11 is 1.36. The minimum Gasteiger partial charge on any atom is -0.393 e. The van der Waals surface area contributed by atoms with E-state index in [4.69, 9.17) is 9.84 Å². The molecule has 0 amide bonds. The molecule has 16 heavy (non-hydrogen) atoms. The van der Waals surface area contributed by atoms with Gasteiger partial charge in [-0.2, -0.15) is 0 Å². The van der Waals surface area contributed by atoms with Crippen LogP contribution >= 0.6 is 11.8 Å². The van der Waals surface area contributed by atoms with Crippen molar-refractivity contribution in [2.45, 2.75) is 29.8 Å². The summed E-state index contributed by atoms with van der Waals surface area (Å²) in [5, 5.41) is 9.15. The molecule has 0 saturated heterocycles. The van der Waals surface area contributed by atoms with Gasteiger partial charge >= 0.3 is 0 Å². The third-order valence-corrected chi connectivity index (χ3v) is 3.17. The molecule has 2 atom stereocenters. The molecule has 1 N–H and O–H groups in total. The number of aliphatic hydroxyl groups is 1. The van der Waals surface area contributed by atoms with Gasteiger partial charge in [-0.3, -0.25) is 4.79 Å². The molecule has 4 heteroatoms. The van der Waals surface area contributed by atoms with E-state index in [1.165, 1.54) is 18.9 Å². The number of benzene rings is 1. The Balaban J connectivity index is 2.58. The van der Waals surface area contributed by atoms with Gasteiger partial charge < -0.3 is 9.84 Å². The van der Waals surface area contributed by atoms with Crippen LogP contribution < -0.4 is 0 Å². The molecule has 0 aliphatic rings. The fourth-order valence-corrected chi connectivity index (χ4v) is 2.14. The lowest BCUT2D eigenvalue weighted by molar-refractivity contribution is -0.126. The number of ether oxygens (including phenoxy) is 1. The summed E-state index contributed by atoms with van der Waals surface area (Å²) in [6, 6.07) is 9.59. The summed E-state index contributed by atoms with van der Waals surface area (Å²) < 4.78 is 5.12. The van der Waals surface area contributed by atoms with Crippen LogP contribution in [0.1, 0.15) is 13.3 Å². The number of Topliss-reactive ketones (excluding diaryl/α,β-unsaturated/α-hetero) is 1. The van der Waals surface area contributed by atoms with Gasteiger partial charge in [0, 0.05) is 18.4 Å². The van der Waals surface area contributed by atoms with E-state index < -0.39 is 11.5 Å². The van der Waals surface area contributed by atoms with Crippen LogP contribution in [-0.4, -0.2) is 29.5 Å². The van der Waals surface area contributed by atoms with Gasteiger partial charge in [-0.15, -0.1) is 0 Å². The van der Waals surface area contributed by atoms with Crippen molar-refractivity contribution in [2.75, 3.05) is 7.11 Å². The summed E-state index contributed by atoms with van der Waals surface area (Å²) in [6.45, 7) is 1.60. The molecule has 3 nitrogen and oxygen atoms in total. The molecule has 0 aliphatic heterocycles. The summed E-state index contributed by atoms with van der Waals surface area (Å²) in [5.74, 6) is -0.0913. The van der Waals surface area contributed by atoms with Crippen molar-refractivity contribution in [3.63, 3.8) is 0 Å². The fourth-order valence-electron chi connectivity index (χ4n) is 1.26. The normalized spacial score (nSPS) is 14.4. The molecule has 2 unspecified atom stereocenters. The molecule has 0 fully saturated rings. The van der Waals surface area contributed by atoms with Gasteiger partial charge in [0.25, 0.3) is 0 Å². The molecule has 0 aliphatic carbocycles. The fraction of sp³-hybridized carbons (Fsp3) is 0.417. The van der Waals surface area contributed by atoms with Crippen molar-refractivity contribution in [3.8, 4) is 0 Å². The molecule has 1 rings (SSSR count). The number of carbonyl (C=O) groups is 1. The maximum Gasteiger partial charge on any atom is 0.174 e. The van der Waals surface area contributed by atoms with Gasteiger partial charge in [0.2, 0.25) is 0 Å². The van der Waals surface area contributed by atoms with E-state index in [9.17, 15) is 4.79 Å². The maximum atomic E-state index is 11.7. The Labute approximate surface area is 99.8 Å². The summed E-state index contributed by atoms with van der Waals surface area (Å²) in [6.07, 6.45) is -0.500. The smallest absolute Gasteiger partial charge is 0.174 e. The van der Waals surface area contributed by atoms with Crippen molar-refractivity contribution < 1.29 is 14.6 Å². The Morgan fingerprint density at radius 1 is 1.44 bits per heavy atom. The van der Waals surface area contributed by atoms with Gasteiger partial charge in [-0.25, -0.2) is 0 Å². The summed E-state index contributed by atoms with van der Waals surface area (Å²) in [4.78, 5) is 12.7. The lowest BCUT2D eigenvalue weighted by Gasteiger charge is -2.14. The Morgan fingerprint density at radius 2 is 2.06 bits per heavy atom. The monoisotopic (exact) mass is 240 g/mol. The molecule has 0 saturated carbocycles. The molecule has 0 aromatic heterocycles. The number of methoxy groups -OCH3 is 1. The van der Waals surface area contributed by atoms with E-state index in [1.807, 2.05) is 30.3 Å². The van der Waals surface area contributed by atoms with Crippen molar-refractivity contribution in [1.82, 2.24) is 0 Å². The highest BCUT2D eigenvalue weighted by molar-refractivity contribution is 8.00. The lowest BCUT2D eigenvalue weighted by Crippen LogP contribution is -2.22. The Kier molecular flexibility index (Phi) is 5.52. The van der Waals surface area contributed by atoms with Crippen LogP contribution in [0.4, 0.5) is 0 Å². The van der Waals surface area contributed by atoms with Gasteiger partial charge in [-0.05, 0) is 19.1 Å². The Hall–Kier alpha value is -0.840. The van der Waals surface area contributed by atoms with Crippen molar-refractivity contribution in [1.29, 1.82) is 0 Å². The van der Waals surface area contributed by atoms with Crippen molar-refractivity contribution in [2.24, 2.45) is 0 Å². The molecule has 0 heterocycles. The number of carbonyl (C=O) groups excluding carboxylic acids is 1. The minimum atomic E-state index is -0.624. The lowest BCUT2D eigenvalue weighted by atomic mass is 10.2. The first-order chi connectivity index (χ1) is 7.63. The average Bonchev–Trinajstić information content (AvgIpc) is 2.26. The highest BCUT2D eigenvalue weighted by Gasteiger charge is 2.20. The number of thioether (sulfide) groups is 1. The van der Waals surface area contributed by atoms with E-state index in [-0.39, 0.29) is 12.2 Å². The van der Waals surface area contributed by atoms with E-state index in [2.05, 4.69) is 0 Å². The standard InChI is InChI=1S/C12H16O3S/c1-9(13)8-11(14)12(15-2)16-10-6-4-3-5-7-10/h3-7,9,12-13H,8H2,1-2H3. The zero-order valence-corrected chi connectivity index (χ0v) is 10.2. The van der Waals surface area contributed by atoms with Crippen LogP contribution in [0.25, 0.3) is 0 Å². The first-order valence-corrected chi connectivity index (χ1v) is 5.96. The third-order valence-electron chi connectivity index (χ3n) is 1.96. The number of rotatable bonds is 6. The van der Waals surface area contributed by atoms with Crippen LogP contribution in [0.5, 0.6) is 0 Å². The number of aliphatic hydroxyl groups excluding tert-OH is 1. The summed E-state index contributed by atoms with van der Waals surface area (Å²) in [5.41, 5.74) is -0.544. The molecular formula is C12H16O3S. The van der Waals surface area contributed by atoms with E-state index in [1.54, 1.807) is 6.92 Å². The van der Waals surface area contributed by atoms with Crippen LogP contribution in [0.2, 0.25) is 0 Å². The zero-order valence-electron chi connectivity index (χ0n) is 9.42. The van der Waals surface area contributed by atoms with Gasteiger partial charge in [0.05, 0.1) is 6.10 Å². The van der Waals surface area contributed by atoms with Crippen LogP contribution in [0.15, 0.2) is 35.2 Å². The highest BCUT2D eigenvalue weighted by Crippen LogP contribution is 2.24. The van der Waals surface area contributed by atoms with Gasteiger partial charge in [0.15, 0.2) is 11.2 Å². The topological polar surface area (TPSA) is 46.5 Å². The SMILES string of the molecule is COC(Sc1ccccc1)C(=O)CC(C)O. The zero-order chi connectivity index (χ0) is 12.0. The number of ketones is 1. The van der Waals surface area contributed by atoms with Crippen molar-refractivity contribution >= 4 is 17.5 Å². The molecular weight excluding hydrogens is 224 g/mol. The van der Waals surface area contributed by atoms with Crippen molar-refractivity contribution in [3.05, 3.63) is 30.3 Å². The highest BCUT2D eigenvalue weighted by atomic mass is 32.2. The minimum absolute atomic E-state index is 0.0913. The molecule has 88 valence electrons. The van der Waals surface area contributed by atoms with E-state index >= 15 is 0 Å². The molecule has 1 aromatic rings. The quantitative estimate of drug-likeness (QED) is 0.611. The third kappa shape index (κ3) is 4.35.